The minimum absolute atomic E-state index is 0.102. The van der Waals surface area contributed by atoms with E-state index in [4.69, 9.17) is 14.2 Å². The molecule has 1 fully saturated rings. The number of hydrogen-bond acceptors (Lipinski definition) is 4. The van der Waals surface area contributed by atoms with Crippen LogP contribution >= 0.6 is 0 Å². The SMILES string of the molecule is COc1ccc(C2OCCC2CNCC(C)C)c(OC)c1. The minimum Gasteiger partial charge on any atom is -0.497 e. The molecule has 1 aromatic carbocycles. The van der Waals surface area contributed by atoms with E-state index in [0.29, 0.717) is 11.8 Å². The zero-order valence-corrected chi connectivity index (χ0v) is 13.5. The van der Waals surface area contributed by atoms with E-state index in [-0.39, 0.29) is 6.10 Å². The third-order valence-corrected chi connectivity index (χ3v) is 3.92. The van der Waals surface area contributed by atoms with Gasteiger partial charge in [-0.1, -0.05) is 13.8 Å². The fourth-order valence-corrected chi connectivity index (χ4v) is 2.80. The molecule has 0 aromatic heterocycles. The Bertz CT molecular complexity index is 448. The predicted octanol–water partition coefficient (Wildman–Crippen LogP) is 3.03. The zero-order valence-electron chi connectivity index (χ0n) is 13.5. The van der Waals surface area contributed by atoms with Gasteiger partial charge < -0.3 is 19.5 Å². The van der Waals surface area contributed by atoms with Gasteiger partial charge in [-0.05, 0) is 31.0 Å². The Morgan fingerprint density at radius 1 is 1.29 bits per heavy atom. The highest BCUT2D eigenvalue weighted by molar-refractivity contribution is 5.42. The molecule has 4 heteroatoms. The number of ether oxygens (including phenoxy) is 3. The van der Waals surface area contributed by atoms with Crippen molar-refractivity contribution in [1.82, 2.24) is 5.32 Å². The van der Waals surface area contributed by atoms with Crippen LogP contribution in [0.15, 0.2) is 18.2 Å². The van der Waals surface area contributed by atoms with Gasteiger partial charge in [0.2, 0.25) is 0 Å². The molecule has 0 amide bonds. The van der Waals surface area contributed by atoms with E-state index in [0.717, 1.165) is 43.2 Å². The van der Waals surface area contributed by atoms with Gasteiger partial charge in [0.05, 0.1) is 20.3 Å². The Balaban J connectivity index is 2.08. The summed E-state index contributed by atoms with van der Waals surface area (Å²) in [6.45, 7) is 7.29. The van der Waals surface area contributed by atoms with Crippen molar-refractivity contribution in [2.75, 3.05) is 33.9 Å². The van der Waals surface area contributed by atoms with Gasteiger partial charge in [0.25, 0.3) is 0 Å². The van der Waals surface area contributed by atoms with Crippen LogP contribution in [0.2, 0.25) is 0 Å². The highest BCUT2D eigenvalue weighted by atomic mass is 16.5. The summed E-state index contributed by atoms with van der Waals surface area (Å²) in [7, 11) is 3.36. The number of nitrogens with one attached hydrogen (secondary N) is 1. The van der Waals surface area contributed by atoms with E-state index in [9.17, 15) is 0 Å². The summed E-state index contributed by atoms with van der Waals surface area (Å²) in [5.74, 6) is 2.81. The standard InChI is InChI=1S/C17H27NO3/c1-12(2)10-18-11-13-7-8-21-17(13)15-6-5-14(19-3)9-16(15)20-4/h5-6,9,12-13,17-18H,7-8,10-11H2,1-4H3. The number of benzene rings is 1. The molecular formula is C17H27NO3. The Hall–Kier alpha value is -1.26. The average molecular weight is 293 g/mol. The van der Waals surface area contributed by atoms with E-state index in [1.54, 1.807) is 14.2 Å². The predicted molar refractivity (Wildman–Crippen MR) is 84.1 cm³/mol. The lowest BCUT2D eigenvalue weighted by Crippen LogP contribution is -2.28. The molecule has 1 aliphatic heterocycles. The van der Waals surface area contributed by atoms with Crippen molar-refractivity contribution in [3.05, 3.63) is 23.8 Å². The molecule has 2 rings (SSSR count). The zero-order chi connectivity index (χ0) is 15.2. The largest absolute Gasteiger partial charge is 0.497 e. The van der Waals surface area contributed by atoms with Crippen molar-refractivity contribution in [2.45, 2.75) is 26.4 Å². The van der Waals surface area contributed by atoms with E-state index >= 15 is 0 Å². The molecule has 0 spiro atoms. The normalized spacial score (nSPS) is 21.8. The average Bonchev–Trinajstić information content (AvgIpc) is 2.94. The fraction of sp³-hybridized carbons (Fsp3) is 0.647. The first kappa shape index (κ1) is 16.1. The van der Waals surface area contributed by atoms with Gasteiger partial charge in [-0.15, -0.1) is 0 Å². The molecule has 1 saturated heterocycles. The van der Waals surface area contributed by atoms with Gasteiger partial charge in [-0.2, -0.15) is 0 Å². The number of methoxy groups -OCH3 is 2. The molecule has 21 heavy (non-hydrogen) atoms. The van der Waals surface area contributed by atoms with Crippen LogP contribution in [0.1, 0.15) is 31.9 Å². The molecular weight excluding hydrogens is 266 g/mol. The monoisotopic (exact) mass is 293 g/mol. The minimum atomic E-state index is 0.102. The highest BCUT2D eigenvalue weighted by Gasteiger charge is 2.31. The van der Waals surface area contributed by atoms with Crippen LogP contribution < -0.4 is 14.8 Å². The number of rotatable bonds is 7. The molecule has 0 bridgehead atoms. The molecule has 4 nitrogen and oxygen atoms in total. The summed E-state index contributed by atoms with van der Waals surface area (Å²) < 4.78 is 16.7. The summed E-state index contributed by atoms with van der Waals surface area (Å²) >= 11 is 0. The van der Waals surface area contributed by atoms with Crippen molar-refractivity contribution >= 4 is 0 Å². The lowest BCUT2D eigenvalue weighted by molar-refractivity contribution is 0.0880. The molecule has 2 atom stereocenters. The van der Waals surface area contributed by atoms with E-state index in [2.05, 4.69) is 25.2 Å². The van der Waals surface area contributed by atoms with Gasteiger partial charge in [-0.3, -0.25) is 0 Å². The second-order valence-electron chi connectivity index (χ2n) is 6.00. The molecule has 1 N–H and O–H groups in total. The van der Waals surface area contributed by atoms with Crippen molar-refractivity contribution in [1.29, 1.82) is 0 Å². The van der Waals surface area contributed by atoms with Crippen LogP contribution in [-0.2, 0) is 4.74 Å². The summed E-state index contributed by atoms with van der Waals surface area (Å²) in [5, 5.41) is 3.54. The second-order valence-corrected chi connectivity index (χ2v) is 6.00. The smallest absolute Gasteiger partial charge is 0.128 e. The van der Waals surface area contributed by atoms with Gasteiger partial charge >= 0.3 is 0 Å². The quantitative estimate of drug-likeness (QED) is 0.839. The first-order valence-electron chi connectivity index (χ1n) is 7.70. The fourth-order valence-electron chi connectivity index (χ4n) is 2.80. The molecule has 1 heterocycles. The summed E-state index contributed by atoms with van der Waals surface area (Å²) in [4.78, 5) is 0. The van der Waals surface area contributed by atoms with Crippen LogP contribution in [0.3, 0.4) is 0 Å². The summed E-state index contributed by atoms with van der Waals surface area (Å²) in [6, 6.07) is 5.96. The van der Waals surface area contributed by atoms with Gasteiger partial charge in [0.15, 0.2) is 0 Å². The van der Waals surface area contributed by atoms with Crippen molar-refractivity contribution in [3.8, 4) is 11.5 Å². The Morgan fingerprint density at radius 2 is 2.10 bits per heavy atom. The van der Waals surface area contributed by atoms with Gasteiger partial charge in [-0.25, -0.2) is 0 Å². The van der Waals surface area contributed by atoms with E-state index < -0.39 is 0 Å². The van der Waals surface area contributed by atoms with Crippen molar-refractivity contribution in [2.24, 2.45) is 11.8 Å². The molecule has 118 valence electrons. The molecule has 0 saturated carbocycles. The topological polar surface area (TPSA) is 39.7 Å². The number of hydrogen-bond donors (Lipinski definition) is 1. The molecule has 0 radical (unpaired) electrons. The third kappa shape index (κ3) is 4.11. The first-order valence-corrected chi connectivity index (χ1v) is 7.70. The van der Waals surface area contributed by atoms with E-state index in [1.807, 2.05) is 12.1 Å². The maximum absolute atomic E-state index is 5.96. The van der Waals surface area contributed by atoms with Gasteiger partial charge in [0.1, 0.15) is 11.5 Å². The van der Waals surface area contributed by atoms with Crippen LogP contribution in [0.5, 0.6) is 11.5 Å². The third-order valence-electron chi connectivity index (χ3n) is 3.92. The lowest BCUT2D eigenvalue weighted by atomic mass is 9.94. The Kier molecular flexibility index (Phi) is 5.88. The lowest BCUT2D eigenvalue weighted by Gasteiger charge is -2.22. The Morgan fingerprint density at radius 3 is 2.76 bits per heavy atom. The van der Waals surface area contributed by atoms with Crippen LogP contribution in [0.4, 0.5) is 0 Å². The maximum atomic E-state index is 5.96. The summed E-state index contributed by atoms with van der Waals surface area (Å²) in [6.07, 6.45) is 1.19. The molecule has 1 aliphatic rings. The first-order chi connectivity index (χ1) is 10.2. The molecule has 1 aromatic rings. The second kappa shape index (κ2) is 7.66. The van der Waals surface area contributed by atoms with Gasteiger partial charge in [0, 0.05) is 30.7 Å². The Labute approximate surface area is 127 Å². The summed E-state index contributed by atoms with van der Waals surface area (Å²) in [5.41, 5.74) is 1.12. The molecule has 0 aliphatic carbocycles. The van der Waals surface area contributed by atoms with Crippen molar-refractivity contribution < 1.29 is 14.2 Å². The molecule has 2 unspecified atom stereocenters. The van der Waals surface area contributed by atoms with E-state index in [1.165, 1.54) is 0 Å². The van der Waals surface area contributed by atoms with Crippen LogP contribution in [0, 0.1) is 11.8 Å². The van der Waals surface area contributed by atoms with Crippen LogP contribution in [0.25, 0.3) is 0 Å². The van der Waals surface area contributed by atoms with Crippen molar-refractivity contribution in [3.63, 3.8) is 0 Å². The maximum Gasteiger partial charge on any atom is 0.128 e. The highest BCUT2D eigenvalue weighted by Crippen LogP contribution is 2.40. The van der Waals surface area contributed by atoms with Crippen LogP contribution in [-0.4, -0.2) is 33.9 Å².